The predicted molar refractivity (Wildman–Crippen MR) is 138 cm³/mol. The fraction of sp³-hybridized carbons (Fsp3) is 0.724. The lowest BCUT2D eigenvalue weighted by atomic mass is 9.92. The Labute approximate surface area is 193 Å². The van der Waals surface area contributed by atoms with E-state index in [1.807, 2.05) is 0 Å². The second-order valence-electron chi connectivity index (χ2n) is 9.32. The maximum Gasteiger partial charge on any atom is 0.0480 e. The summed E-state index contributed by atoms with van der Waals surface area (Å²) in [6.45, 7) is 6.78. The van der Waals surface area contributed by atoms with Gasteiger partial charge in [0.05, 0.1) is 0 Å². The van der Waals surface area contributed by atoms with Crippen LogP contribution in [-0.2, 0) is 5.88 Å². The molecule has 1 heteroatoms. The highest BCUT2D eigenvalue weighted by molar-refractivity contribution is 6.17. The van der Waals surface area contributed by atoms with E-state index in [2.05, 4.69) is 45.0 Å². The molecule has 0 heterocycles. The van der Waals surface area contributed by atoms with E-state index in [1.165, 1.54) is 131 Å². The van der Waals surface area contributed by atoms with Gasteiger partial charge in [-0.05, 0) is 43.4 Å². The topological polar surface area (TPSA) is 0 Å². The van der Waals surface area contributed by atoms with Crippen LogP contribution in [0.4, 0.5) is 0 Å². The van der Waals surface area contributed by atoms with E-state index >= 15 is 0 Å². The molecule has 0 atom stereocenters. The molecule has 172 valence electrons. The smallest absolute Gasteiger partial charge is 0.0480 e. The van der Waals surface area contributed by atoms with Crippen LogP contribution in [0.1, 0.15) is 141 Å². The molecule has 1 rings (SSSR count). The third-order valence-electron chi connectivity index (χ3n) is 6.37. The minimum atomic E-state index is 0.603. The van der Waals surface area contributed by atoms with Gasteiger partial charge in [0.1, 0.15) is 0 Å². The Kier molecular flexibility index (Phi) is 17.3. The highest BCUT2D eigenvalue weighted by atomic mass is 35.5. The van der Waals surface area contributed by atoms with E-state index in [0.717, 1.165) is 0 Å². The summed E-state index contributed by atoms with van der Waals surface area (Å²) in [6, 6.07) is 8.64. The standard InChI is InChI=1S/C29H49Cl/c1-4-5-6-7-8-9-10-11-12-13-14-15-16-17-18-19-23-28(26(2)3)29-24-21-20-22-27(29)25-30/h20-22,24H,4-19,23,25H2,1-3H3. The zero-order chi connectivity index (χ0) is 21.9. The molecule has 1 aromatic carbocycles. The van der Waals surface area contributed by atoms with Gasteiger partial charge in [-0.25, -0.2) is 0 Å². The first-order chi connectivity index (χ1) is 14.7. The average molecular weight is 433 g/mol. The Bertz CT molecular complexity index is 553. The molecule has 0 bridgehead atoms. The van der Waals surface area contributed by atoms with Gasteiger partial charge in [0.2, 0.25) is 0 Å². The van der Waals surface area contributed by atoms with Gasteiger partial charge in [0.15, 0.2) is 0 Å². The molecule has 0 nitrogen and oxygen atoms in total. The van der Waals surface area contributed by atoms with Crippen LogP contribution >= 0.6 is 11.6 Å². The van der Waals surface area contributed by atoms with Gasteiger partial charge < -0.3 is 0 Å². The first-order valence-corrected chi connectivity index (χ1v) is 13.5. The first kappa shape index (κ1) is 27.3. The monoisotopic (exact) mass is 432 g/mol. The number of allylic oxidation sites excluding steroid dienone is 2. The number of hydrogen-bond acceptors (Lipinski definition) is 0. The second kappa shape index (κ2) is 19.0. The Hall–Kier alpha value is -0.750. The summed E-state index contributed by atoms with van der Waals surface area (Å²) in [4.78, 5) is 0. The molecule has 0 fully saturated rings. The minimum Gasteiger partial charge on any atom is -0.122 e. The molecule has 30 heavy (non-hydrogen) atoms. The molecule has 0 unspecified atom stereocenters. The molecule has 0 radical (unpaired) electrons. The summed E-state index contributed by atoms with van der Waals surface area (Å²) >= 11 is 6.16. The molecule has 0 spiro atoms. The van der Waals surface area contributed by atoms with Crippen LogP contribution in [0.15, 0.2) is 29.8 Å². The molecule has 0 saturated heterocycles. The third-order valence-corrected chi connectivity index (χ3v) is 6.66. The summed E-state index contributed by atoms with van der Waals surface area (Å²) in [7, 11) is 0. The molecule has 0 aliphatic heterocycles. The van der Waals surface area contributed by atoms with Gasteiger partial charge >= 0.3 is 0 Å². The molecule has 0 aliphatic carbocycles. The summed E-state index contributed by atoms with van der Waals surface area (Å²) in [6.07, 6.45) is 24.0. The van der Waals surface area contributed by atoms with Crippen molar-refractivity contribution in [1.29, 1.82) is 0 Å². The van der Waals surface area contributed by atoms with E-state index in [4.69, 9.17) is 11.6 Å². The van der Waals surface area contributed by atoms with Crippen LogP contribution in [-0.4, -0.2) is 0 Å². The van der Waals surface area contributed by atoms with Crippen LogP contribution in [0, 0.1) is 0 Å². The number of halogens is 1. The second-order valence-corrected chi connectivity index (χ2v) is 9.59. The van der Waals surface area contributed by atoms with Crippen molar-refractivity contribution in [3.8, 4) is 0 Å². The zero-order valence-electron chi connectivity index (χ0n) is 20.4. The Morgan fingerprint density at radius 3 is 1.50 bits per heavy atom. The van der Waals surface area contributed by atoms with E-state index in [9.17, 15) is 0 Å². The van der Waals surface area contributed by atoms with E-state index in [0.29, 0.717) is 5.88 Å². The highest BCUT2D eigenvalue weighted by Gasteiger charge is 2.08. The number of rotatable bonds is 19. The maximum atomic E-state index is 6.16. The van der Waals surface area contributed by atoms with Crippen LogP contribution in [0.3, 0.4) is 0 Å². The van der Waals surface area contributed by atoms with Crippen LogP contribution in [0.25, 0.3) is 5.57 Å². The number of benzene rings is 1. The van der Waals surface area contributed by atoms with E-state index < -0.39 is 0 Å². The number of alkyl halides is 1. The fourth-order valence-corrected chi connectivity index (χ4v) is 4.67. The Balaban J connectivity index is 2.01. The van der Waals surface area contributed by atoms with Gasteiger partial charge in [-0.2, -0.15) is 0 Å². The van der Waals surface area contributed by atoms with Crippen molar-refractivity contribution in [2.24, 2.45) is 0 Å². The molecule has 0 N–H and O–H groups in total. The summed E-state index contributed by atoms with van der Waals surface area (Å²) in [5.74, 6) is 0.603. The Morgan fingerprint density at radius 1 is 0.633 bits per heavy atom. The van der Waals surface area contributed by atoms with Gasteiger partial charge in [-0.15, -0.1) is 11.6 Å². The largest absolute Gasteiger partial charge is 0.122 e. The van der Waals surface area contributed by atoms with Crippen LogP contribution in [0.5, 0.6) is 0 Å². The predicted octanol–water partition coefficient (Wildman–Crippen LogP) is 10.9. The molecule has 0 saturated carbocycles. The van der Waals surface area contributed by atoms with Crippen molar-refractivity contribution in [2.45, 2.75) is 136 Å². The Morgan fingerprint density at radius 2 is 1.07 bits per heavy atom. The summed E-state index contributed by atoms with van der Waals surface area (Å²) < 4.78 is 0. The quantitative estimate of drug-likeness (QED) is 0.150. The van der Waals surface area contributed by atoms with Gasteiger partial charge in [0.25, 0.3) is 0 Å². The zero-order valence-corrected chi connectivity index (χ0v) is 21.2. The summed E-state index contributed by atoms with van der Waals surface area (Å²) in [5.41, 5.74) is 5.59. The van der Waals surface area contributed by atoms with Crippen LogP contribution in [0.2, 0.25) is 0 Å². The average Bonchev–Trinajstić information content (AvgIpc) is 2.75. The highest BCUT2D eigenvalue weighted by Crippen LogP contribution is 2.28. The van der Waals surface area contributed by atoms with E-state index in [1.54, 1.807) is 0 Å². The van der Waals surface area contributed by atoms with Gasteiger partial charge in [0, 0.05) is 5.88 Å². The van der Waals surface area contributed by atoms with Crippen LogP contribution < -0.4 is 0 Å². The molecule has 0 aromatic heterocycles. The van der Waals surface area contributed by atoms with Crippen molar-refractivity contribution in [3.05, 3.63) is 41.0 Å². The molecular weight excluding hydrogens is 384 g/mol. The van der Waals surface area contributed by atoms with Crippen molar-refractivity contribution in [3.63, 3.8) is 0 Å². The SMILES string of the molecule is CCCCCCCCCCCCCCCCCCC(=C(C)C)c1ccccc1CCl. The first-order valence-electron chi connectivity index (χ1n) is 13.0. The number of unbranched alkanes of at least 4 members (excludes halogenated alkanes) is 15. The minimum absolute atomic E-state index is 0.603. The van der Waals surface area contributed by atoms with Crippen molar-refractivity contribution in [1.82, 2.24) is 0 Å². The number of hydrogen-bond donors (Lipinski definition) is 0. The van der Waals surface area contributed by atoms with Crippen molar-refractivity contribution < 1.29 is 0 Å². The third kappa shape index (κ3) is 12.8. The molecule has 0 aliphatic rings. The van der Waals surface area contributed by atoms with Gasteiger partial charge in [-0.1, -0.05) is 133 Å². The van der Waals surface area contributed by atoms with E-state index in [-0.39, 0.29) is 0 Å². The lowest BCUT2D eigenvalue weighted by Gasteiger charge is -2.14. The fourth-order valence-electron chi connectivity index (χ4n) is 4.44. The van der Waals surface area contributed by atoms with Gasteiger partial charge in [-0.3, -0.25) is 0 Å². The maximum absolute atomic E-state index is 6.16. The lowest BCUT2D eigenvalue weighted by molar-refractivity contribution is 0.530. The lowest BCUT2D eigenvalue weighted by Crippen LogP contribution is -1.94. The van der Waals surface area contributed by atoms with Crippen molar-refractivity contribution >= 4 is 17.2 Å². The molecular formula is C29H49Cl. The summed E-state index contributed by atoms with van der Waals surface area (Å²) in [5, 5.41) is 0. The normalized spacial score (nSPS) is 11.1. The molecule has 0 amide bonds. The molecule has 1 aromatic rings. The van der Waals surface area contributed by atoms with Crippen molar-refractivity contribution in [2.75, 3.05) is 0 Å².